The molecule has 2 nitrogen and oxygen atoms in total. The van der Waals surface area contributed by atoms with Crippen LogP contribution in [0.15, 0.2) is 91.3 Å². The Morgan fingerprint density at radius 1 is 1.00 bits per heavy atom. The molecule has 0 aliphatic carbocycles. The fourth-order valence-corrected chi connectivity index (χ4v) is 4.71. The zero-order chi connectivity index (χ0) is 27.5. The van der Waals surface area contributed by atoms with Gasteiger partial charge in [-0.05, 0) is 92.5 Å². The molecule has 3 aromatic carbocycles. The summed E-state index contributed by atoms with van der Waals surface area (Å²) in [5.41, 5.74) is 5.01. The minimum atomic E-state index is 0.122. The van der Waals surface area contributed by atoms with Crippen molar-refractivity contribution in [2.24, 2.45) is 5.92 Å². The lowest BCUT2D eigenvalue weighted by Crippen LogP contribution is -2.03. The summed E-state index contributed by atoms with van der Waals surface area (Å²) in [5.74, 6) is 2.34. The van der Waals surface area contributed by atoms with Crippen molar-refractivity contribution < 1.29 is 4.79 Å². The predicted octanol–water partition coefficient (Wildman–Crippen LogP) is 9.78. The van der Waals surface area contributed by atoms with Crippen LogP contribution in [0.4, 0.5) is 0 Å². The molecule has 1 N–H and O–H groups in total. The van der Waals surface area contributed by atoms with Crippen LogP contribution < -0.4 is 5.32 Å². The minimum absolute atomic E-state index is 0.122. The third kappa shape index (κ3) is 12.3. The maximum absolute atomic E-state index is 11.3. The van der Waals surface area contributed by atoms with E-state index in [0.29, 0.717) is 0 Å². The van der Waals surface area contributed by atoms with Crippen LogP contribution >= 0.6 is 11.8 Å². The van der Waals surface area contributed by atoms with Crippen LogP contribution in [0.2, 0.25) is 0 Å². The monoisotopic (exact) mass is 517 g/mol. The second-order valence-electron chi connectivity index (χ2n) is 9.12. The first-order chi connectivity index (χ1) is 17.9. The van der Waals surface area contributed by atoms with Crippen LogP contribution in [0.3, 0.4) is 0 Å². The molecular formula is C34H47NOS. The standard InChI is InChI=1S/C15H24S.C12H10O.C7H13N/c1-4-14(11-12-16-3)9-10-15-8-6-5-7-13(15)2;1-9(13)11-8-4-6-10-5-2-3-7-12(10)11;1-4-7(5-2)8-6-3/h5-8,14H,4,9-12H2,1-3H3;2-8H,1H3;4,6,8H,3,5H2,1-2H3/b;;7-4-. The molecule has 0 saturated carbocycles. The Kier molecular flexibility index (Phi) is 16.9. The van der Waals surface area contributed by atoms with Gasteiger partial charge in [0, 0.05) is 11.3 Å². The van der Waals surface area contributed by atoms with Crippen molar-refractivity contribution in [3.05, 3.63) is 108 Å². The number of hydrogen-bond acceptors (Lipinski definition) is 3. The molecule has 0 aliphatic heterocycles. The van der Waals surface area contributed by atoms with Gasteiger partial charge in [-0.25, -0.2) is 0 Å². The summed E-state index contributed by atoms with van der Waals surface area (Å²) in [5, 5.41) is 5.17. The molecule has 0 radical (unpaired) electrons. The SMILES string of the molecule is C=CN/C(=C\C)CC.CC(=O)c1cccc2ccccc12.CCC(CCSC)CCc1ccccc1C. The Bertz CT molecular complexity index is 1100. The summed E-state index contributed by atoms with van der Waals surface area (Å²) >= 11 is 1.97. The van der Waals surface area contributed by atoms with Crippen molar-refractivity contribution in [2.45, 2.75) is 66.7 Å². The van der Waals surface area contributed by atoms with Crippen molar-refractivity contribution in [3.63, 3.8) is 0 Å². The van der Waals surface area contributed by atoms with Crippen LogP contribution in [0.25, 0.3) is 10.8 Å². The first-order valence-corrected chi connectivity index (χ1v) is 14.9. The molecule has 3 rings (SSSR count). The molecule has 0 aromatic heterocycles. The highest BCUT2D eigenvalue weighted by atomic mass is 32.2. The van der Waals surface area contributed by atoms with Crippen LogP contribution in [0.1, 0.15) is 74.9 Å². The number of aryl methyl sites for hydroxylation is 2. The van der Waals surface area contributed by atoms with E-state index in [9.17, 15) is 4.79 Å². The number of fused-ring (bicyclic) bond motifs is 1. The fourth-order valence-electron chi connectivity index (χ4n) is 4.14. The number of allylic oxidation sites excluding steroid dienone is 2. The summed E-state index contributed by atoms with van der Waals surface area (Å²) < 4.78 is 0. The lowest BCUT2D eigenvalue weighted by molar-refractivity contribution is 0.101. The Morgan fingerprint density at radius 3 is 2.24 bits per heavy atom. The molecule has 200 valence electrons. The Labute approximate surface area is 230 Å². The highest BCUT2D eigenvalue weighted by molar-refractivity contribution is 7.98. The van der Waals surface area contributed by atoms with Crippen LogP contribution in [-0.4, -0.2) is 17.8 Å². The molecule has 0 spiro atoms. The topological polar surface area (TPSA) is 29.1 Å². The molecule has 1 unspecified atom stereocenters. The van der Waals surface area contributed by atoms with Crippen LogP contribution in [0, 0.1) is 12.8 Å². The lowest BCUT2D eigenvalue weighted by atomic mass is 9.93. The van der Waals surface area contributed by atoms with Gasteiger partial charge >= 0.3 is 0 Å². The number of ketones is 1. The third-order valence-corrected chi connectivity index (χ3v) is 7.22. The van der Waals surface area contributed by atoms with Crippen molar-refractivity contribution in [1.29, 1.82) is 0 Å². The number of nitrogens with one attached hydrogen (secondary N) is 1. The Morgan fingerprint density at radius 2 is 1.68 bits per heavy atom. The van der Waals surface area contributed by atoms with Crippen molar-refractivity contribution in [3.8, 4) is 0 Å². The zero-order valence-electron chi connectivity index (χ0n) is 23.8. The Balaban J connectivity index is 0.000000294. The van der Waals surface area contributed by atoms with Gasteiger partial charge in [0.15, 0.2) is 5.78 Å². The van der Waals surface area contributed by atoms with Gasteiger partial charge in [-0.3, -0.25) is 4.79 Å². The maximum atomic E-state index is 11.3. The summed E-state index contributed by atoms with van der Waals surface area (Å²) in [4.78, 5) is 11.3. The van der Waals surface area contributed by atoms with E-state index in [4.69, 9.17) is 0 Å². The second-order valence-corrected chi connectivity index (χ2v) is 10.1. The van der Waals surface area contributed by atoms with Crippen LogP contribution in [0.5, 0.6) is 0 Å². The molecule has 1 atom stereocenters. The second kappa shape index (κ2) is 19.3. The average molecular weight is 518 g/mol. The molecule has 37 heavy (non-hydrogen) atoms. The first-order valence-electron chi connectivity index (χ1n) is 13.5. The fraction of sp³-hybridized carbons (Fsp3) is 0.382. The Hall–Kier alpha value is -2.78. The molecule has 3 aromatic rings. The molecule has 0 amide bonds. The van der Waals surface area contributed by atoms with Crippen molar-refractivity contribution >= 4 is 28.3 Å². The molecule has 0 heterocycles. The van der Waals surface area contributed by atoms with Gasteiger partial charge in [0.25, 0.3) is 0 Å². The van der Waals surface area contributed by atoms with E-state index in [1.165, 1.54) is 48.3 Å². The quantitative estimate of drug-likeness (QED) is 0.257. The number of hydrogen-bond donors (Lipinski definition) is 1. The van der Waals surface area contributed by atoms with E-state index in [1.54, 1.807) is 13.1 Å². The number of carbonyl (C=O) groups excluding carboxylic acids is 1. The highest BCUT2D eigenvalue weighted by Crippen LogP contribution is 2.20. The number of rotatable bonds is 11. The largest absolute Gasteiger partial charge is 0.366 e. The van der Waals surface area contributed by atoms with E-state index in [2.05, 4.69) is 63.2 Å². The number of thioether (sulfide) groups is 1. The maximum Gasteiger partial charge on any atom is 0.160 e. The van der Waals surface area contributed by atoms with Gasteiger partial charge in [-0.15, -0.1) is 0 Å². The molecular weight excluding hydrogens is 470 g/mol. The van der Waals surface area contributed by atoms with Gasteiger partial charge < -0.3 is 5.32 Å². The van der Waals surface area contributed by atoms with E-state index >= 15 is 0 Å². The van der Waals surface area contributed by atoms with Crippen LogP contribution in [-0.2, 0) is 6.42 Å². The lowest BCUT2D eigenvalue weighted by Gasteiger charge is -2.14. The first kappa shape index (κ1) is 32.2. The molecule has 3 heteroatoms. The van der Waals surface area contributed by atoms with E-state index in [0.717, 1.165) is 28.7 Å². The normalized spacial score (nSPS) is 11.5. The van der Waals surface area contributed by atoms with Gasteiger partial charge in [0.2, 0.25) is 0 Å². The smallest absolute Gasteiger partial charge is 0.160 e. The van der Waals surface area contributed by atoms with E-state index in [1.807, 2.05) is 67.2 Å². The highest BCUT2D eigenvalue weighted by Gasteiger charge is 2.07. The predicted molar refractivity (Wildman–Crippen MR) is 168 cm³/mol. The van der Waals surface area contributed by atoms with Crippen molar-refractivity contribution in [2.75, 3.05) is 12.0 Å². The molecule has 0 fully saturated rings. The van der Waals surface area contributed by atoms with Crippen molar-refractivity contribution in [1.82, 2.24) is 5.32 Å². The summed E-state index contributed by atoms with van der Waals surface area (Å²) in [6, 6.07) is 22.5. The van der Waals surface area contributed by atoms with Gasteiger partial charge in [0.05, 0.1) is 0 Å². The van der Waals surface area contributed by atoms with E-state index < -0.39 is 0 Å². The third-order valence-electron chi connectivity index (χ3n) is 6.58. The summed E-state index contributed by atoms with van der Waals surface area (Å²) in [6.45, 7) is 13.8. The number of carbonyl (C=O) groups is 1. The van der Waals surface area contributed by atoms with Gasteiger partial charge in [-0.2, -0.15) is 11.8 Å². The number of Topliss-reactive ketones (excluding diaryl/α,β-unsaturated/α-hetero) is 1. The molecule has 0 bridgehead atoms. The van der Waals surface area contributed by atoms with Gasteiger partial charge in [0.1, 0.15) is 0 Å². The molecule has 0 saturated heterocycles. The average Bonchev–Trinajstić information content (AvgIpc) is 2.93. The summed E-state index contributed by atoms with van der Waals surface area (Å²) in [7, 11) is 0. The minimum Gasteiger partial charge on any atom is -0.366 e. The zero-order valence-corrected chi connectivity index (χ0v) is 24.7. The number of benzene rings is 3. The van der Waals surface area contributed by atoms with Gasteiger partial charge in [-0.1, -0.05) is 99.7 Å². The van der Waals surface area contributed by atoms with E-state index in [-0.39, 0.29) is 5.78 Å². The molecule has 0 aliphatic rings. The summed E-state index contributed by atoms with van der Waals surface area (Å²) in [6.07, 6.45) is 12.3.